The van der Waals surface area contributed by atoms with E-state index < -0.39 is 43.1 Å². The van der Waals surface area contributed by atoms with Gasteiger partial charge in [-0.15, -0.1) is 0 Å². The molecule has 2 aliphatic carbocycles. The minimum Gasteiger partial charge on any atom is -0.468 e. The number of hydrogen-bond acceptors (Lipinski definition) is 16. The van der Waals surface area contributed by atoms with E-state index in [0.29, 0.717) is 80.0 Å². The molecule has 6 aromatic rings. The molecule has 19 nitrogen and oxygen atoms in total. The molecule has 1 amide bonds. The van der Waals surface area contributed by atoms with Gasteiger partial charge in [0, 0.05) is 106 Å². The van der Waals surface area contributed by atoms with Crippen molar-refractivity contribution in [2.45, 2.75) is 126 Å². The molecule has 4 atom stereocenters. The molecular formula is C64H78N10O9S. The fourth-order valence-electron chi connectivity index (χ4n) is 14.7. The molecule has 444 valence electrons. The van der Waals surface area contributed by atoms with Crippen LogP contribution in [-0.2, 0) is 26.0 Å². The number of rotatable bonds is 14. The van der Waals surface area contributed by atoms with Crippen LogP contribution in [0.25, 0.3) is 11.0 Å². The number of sulfonamides is 1. The number of aliphatic hydroxyl groups is 1. The molecule has 0 bridgehead atoms. The number of carbonyl (C=O) groups is 1. The smallest absolute Gasteiger partial charge is 0.293 e. The molecule has 5 aliphatic heterocycles. The number of aromatic nitrogens is 2. The number of piperazine rings is 1. The normalized spacial score (nSPS) is 25.8. The molecule has 4 N–H and O–H groups in total. The van der Waals surface area contributed by atoms with Gasteiger partial charge in [-0.25, -0.2) is 13.1 Å². The molecule has 0 unspecified atom stereocenters. The summed E-state index contributed by atoms with van der Waals surface area (Å²) in [6.07, 6.45) is 9.07. The minimum absolute atomic E-state index is 0.115. The summed E-state index contributed by atoms with van der Waals surface area (Å²) in [5, 5.41) is 26.9. The predicted molar refractivity (Wildman–Crippen MR) is 324 cm³/mol. The lowest BCUT2D eigenvalue weighted by atomic mass is 9.59. The van der Waals surface area contributed by atoms with Gasteiger partial charge in [-0.1, -0.05) is 36.4 Å². The van der Waals surface area contributed by atoms with E-state index in [1.807, 2.05) is 37.4 Å². The number of ether oxygens (including phenoxy) is 3. The van der Waals surface area contributed by atoms with Crippen molar-refractivity contribution < 1.29 is 37.5 Å². The van der Waals surface area contributed by atoms with E-state index in [0.717, 1.165) is 115 Å². The SMILES string of the molecule is Cc1ccccc1[C@@H]1CN(Cc2ccc(N3CCOC[C@H]3C)cc2)CCN1C1CC2(CCN(c3ccc(C(=O)NS(=O)(=O)c4ccc(NCC5CCC(C)(O)CC5)c([N+](=O)[O-])c4)c(N4c5cc6cc[nH]c6nc5O[C@H]5COCC[C@@H]54)c3)CC2)C1. The Labute approximate surface area is 491 Å². The topological polar surface area (TPSA) is 211 Å². The van der Waals surface area contributed by atoms with Crippen LogP contribution < -0.4 is 29.5 Å². The summed E-state index contributed by atoms with van der Waals surface area (Å²) in [4.78, 5) is 46.7. The zero-order chi connectivity index (χ0) is 57.9. The molecule has 4 saturated heterocycles. The van der Waals surface area contributed by atoms with E-state index in [-0.39, 0.29) is 28.6 Å². The van der Waals surface area contributed by atoms with E-state index in [1.165, 1.54) is 34.5 Å². The number of nitrogens with zero attached hydrogens (tertiary/aromatic N) is 7. The van der Waals surface area contributed by atoms with Crippen LogP contribution in [0.15, 0.2) is 108 Å². The summed E-state index contributed by atoms with van der Waals surface area (Å²) in [6.45, 7) is 15.5. The Morgan fingerprint density at radius 3 is 2.42 bits per heavy atom. The Kier molecular flexibility index (Phi) is 15.3. The molecule has 1 spiro atoms. The number of amides is 1. The van der Waals surface area contributed by atoms with Crippen molar-refractivity contribution in [1.29, 1.82) is 0 Å². The standard InChI is InChI=1S/C64H78N10O9S/c1-42-6-4-5-7-51(42)58-39-69(38-45-8-10-47(11-9-45)71-29-31-82-40-43(71)2)27-28-72(58)49-35-64(36-49)22-25-70(26-23-64)48-12-14-52(55(33-48)73-54-19-30-81-41-59(54)83-62-57(73)32-46-18-24-65-60(46)67-62)61(75)68-84(79,80)50-13-15-53(56(34-50)74(77)78)66-37-44-16-20-63(3,76)21-17-44/h4-15,18,24,32-34,43-44,49,54,58-59,66,76H,16-17,19-23,25-31,35-41H2,1-3H3,(H,65,67)(H,68,75)/t43-,44?,54+,58+,59+,63?/m1/s1. The molecule has 84 heavy (non-hydrogen) atoms. The first-order valence-corrected chi connectivity index (χ1v) is 31.7. The van der Waals surface area contributed by atoms with Crippen molar-refractivity contribution in [3.05, 3.63) is 136 Å². The number of fused-ring (bicyclic) bond motifs is 3. The highest BCUT2D eigenvalue weighted by atomic mass is 32.2. The number of morpholine rings is 1. The first-order valence-electron chi connectivity index (χ1n) is 30.3. The van der Waals surface area contributed by atoms with Crippen LogP contribution in [-0.4, -0.2) is 146 Å². The summed E-state index contributed by atoms with van der Waals surface area (Å²) in [6, 6.07) is 32.2. The molecule has 6 fully saturated rings. The number of carbonyl (C=O) groups excluding carboxylic acids is 1. The van der Waals surface area contributed by atoms with Crippen LogP contribution in [0.2, 0.25) is 0 Å². The van der Waals surface area contributed by atoms with E-state index in [9.17, 15) is 28.4 Å². The van der Waals surface area contributed by atoms with Gasteiger partial charge in [-0.05, 0) is 161 Å². The first-order chi connectivity index (χ1) is 40.6. The number of nitrogens with one attached hydrogen (secondary N) is 3. The van der Waals surface area contributed by atoms with Gasteiger partial charge in [-0.2, -0.15) is 4.98 Å². The Morgan fingerprint density at radius 1 is 0.869 bits per heavy atom. The largest absolute Gasteiger partial charge is 0.468 e. The Bertz CT molecular complexity index is 3520. The Morgan fingerprint density at radius 2 is 1.64 bits per heavy atom. The van der Waals surface area contributed by atoms with Crippen molar-refractivity contribution in [3.8, 4) is 5.88 Å². The first kappa shape index (κ1) is 56.3. The maximum Gasteiger partial charge on any atom is 0.293 e. The van der Waals surface area contributed by atoms with Crippen LogP contribution in [0.5, 0.6) is 5.88 Å². The highest BCUT2D eigenvalue weighted by molar-refractivity contribution is 7.90. The van der Waals surface area contributed by atoms with Crippen molar-refractivity contribution in [3.63, 3.8) is 0 Å². The molecule has 7 heterocycles. The van der Waals surface area contributed by atoms with Crippen molar-refractivity contribution in [1.82, 2.24) is 24.5 Å². The van der Waals surface area contributed by atoms with Gasteiger partial charge in [0.25, 0.3) is 21.6 Å². The fourth-order valence-corrected chi connectivity index (χ4v) is 15.7. The van der Waals surface area contributed by atoms with E-state index >= 15 is 0 Å². The zero-order valence-electron chi connectivity index (χ0n) is 48.4. The predicted octanol–water partition coefficient (Wildman–Crippen LogP) is 9.47. The molecule has 0 radical (unpaired) electrons. The maximum atomic E-state index is 14.8. The summed E-state index contributed by atoms with van der Waals surface area (Å²) in [5.74, 6) is -0.318. The molecule has 2 aromatic heterocycles. The second-order valence-corrected chi connectivity index (χ2v) is 26.9. The van der Waals surface area contributed by atoms with E-state index in [4.69, 9.17) is 19.2 Å². The van der Waals surface area contributed by atoms with Crippen LogP contribution in [0.3, 0.4) is 0 Å². The second-order valence-electron chi connectivity index (χ2n) is 25.3. The number of aromatic amines is 1. The number of piperidine rings is 1. The van der Waals surface area contributed by atoms with Gasteiger partial charge in [0.2, 0.25) is 5.88 Å². The van der Waals surface area contributed by atoms with Crippen LogP contribution >= 0.6 is 0 Å². The molecule has 2 saturated carbocycles. The number of pyridine rings is 1. The third-order valence-electron chi connectivity index (χ3n) is 19.6. The summed E-state index contributed by atoms with van der Waals surface area (Å²) >= 11 is 0. The average Bonchev–Trinajstić information content (AvgIpc) is 2.61. The van der Waals surface area contributed by atoms with Crippen LogP contribution in [0.1, 0.15) is 105 Å². The lowest BCUT2D eigenvalue weighted by molar-refractivity contribution is -0.384. The minimum atomic E-state index is -4.64. The van der Waals surface area contributed by atoms with Crippen LogP contribution in [0, 0.1) is 28.4 Å². The molecule has 20 heteroatoms. The lowest BCUT2D eigenvalue weighted by Gasteiger charge is -2.58. The van der Waals surface area contributed by atoms with Gasteiger partial charge in [0.05, 0.1) is 52.5 Å². The average molecular weight is 1160 g/mol. The molecule has 4 aromatic carbocycles. The molecule has 13 rings (SSSR count). The number of nitro groups is 1. The van der Waals surface area contributed by atoms with Crippen molar-refractivity contribution in [2.24, 2.45) is 11.3 Å². The molecule has 7 aliphatic rings. The third-order valence-corrected chi connectivity index (χ3v) is 21.0. The molecular weight excluding hydrogens is 1080 g/mol. The Hall–Kier alpha value is -6.81. The van der Waals surface area contributed by atoms with E-state index in [2.05, 4.69) is 102 Å². The fraction of sp³-hybridized carbons (Fsp3) is 0.500. The number of hydrogen-bond donors (Lipinski definition) is 4. The lowest BCUT2D eigenvalue weighted by Crippen LogP contribution is -2.59. The van der Waals surface area contributed by atoms with Gasteiger partial charge in [-0.3, -0.25) is 24.7 Å². The monoisotopic (exact) mass is 1160 g/mol. The number of benzene rings is 4. The van der Waals surface area contributed by atoms with Crippen LogP contribution in [0.4, 0.5) is 34.1 Å². The van der Waals surface area contributed by atoms with Gasteiger partial charge < -0.3 is 44.3 Å². The summed E-state index contributed by atoms with van der Waals surface area (Å²) < 4.78 is 49.1. The second kappa shape index (κ2) is 22.9. The van der Waals surface area contributed by atoms with E-state index in [1.54, 1.807) is 6.07 Å². The highest BCUT2D eigenvalue weighted by Crippen LogP contribution is 2.54. The van der Waals surface area contributed by atoms with Gasteiger partial charge >= 0.3 is 0 Å². The zero-order valence-corrected chi connectivity index (χ0v) is 49.2. The quantitative estimate of drug-likeness (QED) is 0.0591. The third kappa shape index (κ3) is 11.3. The number of anilines is 5. The number of aryl methyl sites for hydroxylation is 1. The van der Waals surface area contributed by atoms with Crippen molar-refractivity contribution in [2.75, 3.05) is 92.3 Å². The van der Waals surface area contributed by atoms with Crippen molar-refractivity contribution >= 4 is 61.1 Å². The summed E-state index contributed by atoms with van der Waals surface area (Å²) in [7, 11) is -4.64. The number of H-pyrrole nitrogens is 1. The Balaban J connectivity index is 0.733. The summed E-state index contributed by atoms with van der Waals surface area (Å²) in [5.41, 5.74) is 7.42. The number of nitro benzene ring substituents is 1. The van der Waals surface area contributed by atoms with Gasteiger partial charge in [0.1, 0.15) is 23.1 Å². The van der Waals surface area contributed by atoms with Gasteiger partial charge in [0.15, 0.2) is 0 Å². The maximum absolute atomic E-state index is 14.8. The highest BCUT2D eigenvalue weighted by Gasteiger charge is 2.50.